The molecule has 0 saturated carbocycles. The fourth-order valence-corrected chi connectivity index (χ4v) is 2.62. The molecule has 19 heavy (non-hydrogen) atoms. The normalized spacial score (nSPS) is 17.4. The predicted octanol–water partition coefficient (Wildman–Crippen LogP) is 3.53. The summed E-state index contributed by atoms with van der Waals surface area (Å²) in [5, 5.41) is 5.93. The molecule has 2 N–H and O–H groups in total. The summed E-state index contributed by atoms with van der Waals surface area (Å²) >= 11 is 0. The van der Waals surface area contributed by atoms with Crippen LogP contribution in [0.2, 0.25) is 0 Å². The molecule has 2 aromatic rings. The number of hydrogen-bond acceptors (Lipinski definition) is 1. The highest BCUT2D eigenvalue weighted by Crippen LogP contribution is 2.36. The molecular weight excluding hydrogens is 236 g/mol. The van der Waals surface area contributed by atoms with Crippen molar-refractivity contribution in [1.29, 1.82) is 0 Å². The Morgan fingerprint density at radius 3 is 2.37 bits per heavy atom. The molecule has 0 aromatic heterocycles. The van der Waals surface area contributed by atoms with Crippen molar-refractivity contribution in [3.8, 4) is 0 Å². The van der Waals surface area contributed by atoms with Crippen molar-refractivity contribution in [2.45, 2.75) is 19.9 Å². The van der Waals surface area contributed by atoms with Crippen LogP contribution < -0.4 is 10.6 Å². The van der Waals surface area contributed by atoms with Crippen molar-refractivity contribution < 1.29 is 4.79 Å². The molecule has 1 heterocycles. The molecule has 3 rings (SSSR count). The summed E-state index contributed by atoms with van der Waals surface area (Å²) in [7, 11) is 0. The summed E-state index contributed by atoms with van der Waals surface area (Å²) in [5.74, 6) is 0. The molecule has 0 aliphatic carbocycles. The third kappa shape index (κ3) is 1.97. The van der Waals surface area contributed by atoms with Gasteiger partial charge in [-0.2, -0.15) is 0 Å². The molecule has 0 fully saturated rings. The fourth-order valence-electron chi connectivity index (χ4n) is 2.62. The Morgan fingerprint density at radius 1 is 0.947 bits per heavy atom. The standard InChI is InChI=1S/C16H16N2O/c1-10-8-9-11(2)14-13(10)15(18-16(19)17-14)12-6-4-3-5-7-12/h3-9,15H,1-2H3,(H2,17,18,19). The van der Waals surface area contributed by atoms with Gasteiger partial charge in [0.1, 0.15) is 0 Å². The second-order valence-corrected chi connectivity index (χ2v) is 4.93. The molecule has 0 radical (unpaired) electrons. The van der Waals surface area contributed by atoms with Crippen molar-refractivity contribution in [3.05, 3.63) is 64.7 Å². The zero-order valence-electron chi connectivity index (χ0n) is 11.0. The molecule has 0 spiro atoms. The van der Waals surface area contributed by atoms with Crippen molar-refractivity contribution in [3.63, 3.8) is 0 Å². The average Bonchev–Trinajstić information content (AvgIpc) is 2.43. The van der Waals surface area contributed by atoms with Gasteiger partial charge in [0.15, 0.2) is 0 Å². The fraction of sp³-hybridized carbons (Fsp3) is 0.188. The third-order valence-electron chi connectivity index (χ3n) is 3.61. The van der Waals surface area contributed by atoms with Gasteiger partial charge in [0.2, 0.25) is 0 Å². The van der Waals surface area contributed by atoms with Crippen LogP contribution in [0.5, 0.6) is 0 Å². The van der Waals surface area contributed by atoms with E-state index < -0.39 is 0 Å². The maximum absolute atomic E-state index is 11.9. The predicted molar refractivity (Wildman–Crippen MR) is 76.4 cm³/mol. The highest BCUT2D eigenvalue weighted by atomic mass is 16.2. The number of anilines is 1. The summed E-state index contributed by atoms with van der Waals surface area (Å²) in [6.07, 6.45) is 0. The zero-order valence-corrected chi connectivity index (χ0v) is 11.0. The molecule has 2 aromatic carbocycles. The minimum atomic E-state index is -0.143. The lowest BCUT2D eigenvalue weighted by molar-refractivity contribution is 0.249. The molecule has 1 aliphatic rings. The Bertz CT molecular complexity index is 635. The van der Waals surface area contributed by atoms with Gasteiger partial charge < -0.3 is 10.6 Å². The molecule has 0 saturated heterocycles. The van der Waals surface area contributed by atoms with Crippen molar-refractivity contribution in [2.24, 2.45) is 0 Å². The van der Waals surface area contributed by atoms with Crippen LogP contribution in [-0.2, 0) is 0 Å². The summed E-state index contributed by atoms with van der Waals surface area (Å²) < 4.78 is 0. The van der Waals surface area contributed by atoms with Crippen LogP contribution in [0, 0.1) is 13.8 Å². The van der Waals surface area contributed by atoms with Crippen molar-refractivity contribution in [2.75, 3.05) is 5.32 Å². The SMILES string of the molecule is Cc1ccc(C)c2c1NC(=O)NC2c1ccccc1. The molecule has 0 bridgehead atoms. The van der Waals surface area contributed by atoms with E-state index in [-0.39, 0.29) is 12.1 Å². The van der Waals surface area contributed by atoms with E-state index >= 15 is 0 Å². The molecule has 1 atom stereocenters. The summed E-state index contributed by atoms with van der Waals surface area (Å²) in [6, 6.07) is 14.0. The molecule has 2 amide bonds. The molecule has 1 unspecified atom stereocenters. The van der Waals surface area contributed by atoms with E-state index in [9.17, 15) is 4.79 Å². The monoisotopic (exact) mass is 252 g/mol. The maximum atomic E-state index is 11.9. The highest BCUT2D eigenvalue weighted by Gasteiger charge is 2.27. The molecular formula is C16H16N2O. The number of amides is 2. The molecule has 3 heteroatoms. The number of carbonyl (C=O) groups is 1. The Labute approximate surface area is 112 Å². The average molecular weight is 252 g/mol. The number of hydrogen-bond donors (Lipinski definition) is 2. The number of urea groups is 1. The van der Waals surface area contributed by atoms with Crippen LogP contribution in [0.15, 0.2) is 42.5 Å². The lowest BCUT2D eigenvalue weighted by atomic mass is 9.90. The number of aryl methyl sites for hydroxylation is 2. The van der Waals surface area contributed by atoms with Gasteiger partial charge in [-0.3, -0.25) is 0 Å². The van der Waals surface area contributed by atoms with Crippen LogP contribution in [0.1, 0.15) is 28.3 Å². The quantitative estimate of drug-likeness (QED) is 0.801. The summed E-state index contributed by atoms with van der Waals surface area (Å²) in [6.45, 7) is 4.10. The maximum Gasteiger partial charge on any atom is 0.320 e. The van der Waals surface area contributed by atoms with E-state index in [1.54, 1.807) is 0 Å². The first-order valence-electron chi connectivity index (χ1n) is 6.39. The highest BCUT2D eigenvalue weighted by molar-refractivity contribution is 5.94. The van der Waals surface area contributed by atoms with Gasteiger partial charge in [0, 0.05) is 5.56 Å². The minimum Gasteiger partial charge on any atom is -0.327 e. The van der Waals surface area contributed by atoms with Gasteiger partial charge in [-0.25, -0.2) is 4.79 Å². The van der Waals surface area contributed by atoms with E-state index in [0.717, 1.165) is 22.4 Å². The lowest BCUT2D eigenvalue weighted by Gasteiger charge is -2.30. The van der Waals surface area contributed by atoms with Crippen LogP contribution in [0.4, 0.5) is 10.5 Å². The topological polar surface area (TPSA) is 41.1 Å². The van der Waals surface area contributed by atoms with E-state index in [0.29, 0.717) is 0 Å². The van der Waals surface area contributed by atoms with Crippen LogP contribution in [-0.4, -0.2) is 6.03 Å². The van der Waals surface area contributed by atoms with Crippen LogP contribution >= 0.6 is 0 Å². The number of fused-ring (bicyclic) bond motifs is 1. The van der Waals surface area contributed by atoms with Gasteiger partial charge in [0.25, 0.3) is 0 Å². The van der Waals surface area contributed by atoms with Crippen molar-refractivity contribution in [1.82, 2.24) is 5.32 Å². The first kappa shape index (κ1) is 11.8. The molecule has 3 nitrogen and oxygen atoms in total. The summed E-state index contributed by atoms with van der Waals surface area (Å²) in [5.41, 5.74) is 5.48. The number of rotatable bonds is 1. The molecule has 1 aliphatic heterocycles. The van der Waals surface area contributed by atoms with E-state index in [2.05, 4.69) is 23.6 Å². The largest absolute Gasteiger partial charge is 0.327 e. The summed E-state index contributed by atoms with van der Waals surface area (Å²) in [4.78, 5) is 11.9. The Kier molecular flexibility index (Phi) is 2.75. The van der Waals surface area contributed by atoms with Gasteiger partial charge in [0.05, 0.1) is 11.7 Å². The van der Waals surface area contributed by atoms with Crippen LogP contribution in [0.25, 0.3) is 0 Å². The number of carbonyl (C=O) groups excluding carboxylic acids is 1. The first-order valence-corrected chi connectivity index (χ1v) is 6.39. The van der Waals surface area contributed by atoms with Gasteiger partial charge in [-0.05, 0) is 30.5 Å². The van der Waals surface area contributed by atoms with E-state index in [4.69, 9.17) is 0 Å². The third-order valence-corrected chi connectivity index (χ3v) is 3.61. The van der Waals surface area contributed by atoms with Crippen molar-refractivity contribution >= 4 is 11.7 Å². The lowest BCUT2D eigenvalue weighted by Crippen LogP contribution is -2.39. The van der Waals surface area contributed by atoms with Gasteiger partial charge in [-0.1, -0.05) is 42.5 Å². The van der Waals surface area contributed by atoms with Gasteiger partial charge in [-0.15, -0.1) is 0 Å². The second-order valence-electron chi connectivity index (χ2n) is 4.93. The molecule has 96 valence electrons. The van der Waals surface area contributed by atoms with Gasteiger partial charge >= 0.3 is 6.03 Å². The first-order chi connectivity index (χ1) is 9.16. The number of benzene rings is 2. The second kappa shape index (κ2) is 4.43. The zero-order chi connectivity index (χ0) is 13.4. The van der Waals surface area contributed by atoms with E-state index in [1.165, 1.54) is 5.56 Å². The Balaban J connectivity index is 2.20. The smallest absolute Gasteiger partial charge is 0.320 e. The minimum absolute atomic E-state index is 0.0788. The Morgan fingerprint density at radius 2 is 1.63 bits per heavy atom. The number of nitrogens with one attached hydrogen (secondary N) is 2. The Hall–Kier alpha value is -2.29. The van der Waals surface area contributed by atoms with E-state index in [1.807, 2.05) is 43.3 Å². The van der Waals surface area contributed by atoms with Crippen LogP contribution in [0.3, 0.4) is 0 Å².